The first-order valence-electron chi connectivity index (χ1n) is 6.06. The van der Waals surface area contributed by atoms with E-state index < -0.39 is 5.82 Å². The second kappa shape index (κ2) is 5.80. The van der Waals surface area contributed by atoms with Crippen LogP contribution in [0.15, 0.2) is 22.7 Å². The zero-order valence-corrected chi connectivity index (χ0v) is 11.6. The van der Waals surface area contributed by atoms with Gasteiger partial charge in [0.2, 0.25) is 0 Å². The number of amides is 1. The number of carbonyl (C=O) groups excluding carboxylic acids is 1. The third-order valence-corrected chi connectivity index (χ3v) is 3.79. The molecule has 1 aliphatic rings. The highest BCUT2D eigenvalue weighted by molar-refractivity contribution is 9.10. The third kappa shape index (κ3) is 2.90. The first-order valence-corrected chi connectivity index (χ1v) is 6.85. The predicted molar refractivity (Wildman–Crippen MR) is 71.8 cm³/mol. The van der Waals surface area contributed by atoms with Crippen LogP contribution < -0.4 is 5.73 Å². The van der Waals surface area contributed by atoms with E-state index in [9.17, 15) is 9.18 Å². The van der Waals surface area contributed by atoms with Crippen LogP contribution >= 0.6 is 15.9 Å². The van der Waals surface area contributed by atoms with Gasteiger partial charge in [-0.25, -0.2) is 4.39 Å². The minimum atomic E-state index is -0.482. The summed E-state index contributed by atoms with van der Waals surface area (Å²) in [5, 5.41) is 0. The Hall–Kier alpha value is -0.940. The van der Waals surface area contributed by atoms with Gasteiger partial charge in [-0.2, -0.15) is 0 Å². The van der Waals surface area contributed by atoms with Crippen LogP contribution in [-0.2, 0) is 0 Å². The third-order valence-electron chi connectivity index (χ3n) is 3.30. The second-order valence-electron chi connectivity index (χ2n) is 4.62. The maximum Gasteiger partial charge on any atom is 0.256 e. The lowest BCUT2D eigenvalue weighted by Gasteiger charge is -2.32. The molecule has 2 rings (SSSR count). The van der Waals surface area contributed by atoms with Crippen molar-refractivity contribution in [3.05, 3.63) is 34.1 Å². The van der Waals surface area contributed by atoms with Gasteiger partial charge in [0.15, 0.2) is 0 Å². The molecule has 1 amide bonds. The predicted octanol–water partition coefficient (Wildman–Crippen LogP) is 2.40. The van der Waals surface area contributed by atoms with E-state index in [1.807, 2.05) is 0 Å². The number of carbonyl (C=O) groups is 1. The molecule has 1 heterocycles. The van der Waals surface area contributed by atoms with E-state index in [-0.39, 0.29) is 11.5 Å². The fourth-order valence-corrected chi connectivity index (χ4v) is 2.61. The average molecular weight is 315 g/mol. The number of hydrogen-bond acceptors (Lipinski definition) is 2. The molecule has 1 atom stereocenters. The molecule has 18 heavy (non-hydrogen) atoms. The SMILES string of the molecule is NCC1CCCN(C(=O)c2ccc(Br)cc2F)C1. The molecular weight excluding hydrogens is 299 g/mol. The second-order valence-corrected chi connectivity index (χ2v) is 5.53. The van der Waals surface area contributed by atoms with Crippen LogP contribution in [0.3, 0.4) is 0 Å². The van der Waals surface area contributed by atoms with Gasteiger partial charge in [0, 0.05) is 17.6 Å². The highest BCUT2D eigenvalue weighted by atomic mass is 79.9. The molecule has 5 heteroatoms. The number of likely N-dealkylation sites (tertiary alicyclic amines) is 1. The van der Waals surface area contributed by atoms with Crippen molar-refractivity contribution in [1.29, 1.82) is 0 Å². The van der Waals surface area contributed by atoms with Gasteiger partial charge in [0.1, 0.15) is 5.82 Å². The molecule has 1 saturated heterocycles. The fraction of sp³-hybridized carbons (Fsp3) is 0.462. The Morgan fingerprint density at radius 2 is 2.33 bits per heavy atom. The van der Waals surface area contributed by atoms with Gasteiger partial charge >= 0.3 is 0 Å². The molecule has 0 saturated carbocycles. The van der Waals surface area contributed by atoms with Crippen LogP contribution in [0.1, 0.15) is 23.2 Å². The molecule has 0 aliphatic carbocycles. The normalized spacial score (nSPS) is 19.9. The molecule has 0 aromatic heterocycles. The Bertz CT molecular complexity index is 453. The van der Waals surface area contributed by atoms with Crippen molar-refractivity contribution in [2.75, 3.05) is 19.6 Å². The summed E-state index contributed by atoms with van der Waals surface area (Å²) in [6.45, 7) is 1.89. The summed E-state index contributed by atoms with van der Waals surface area (Å²) in [4.78, 5) is 13.9. The Balaban J connectivity index is 2.15. The van der Waals surface area contributed by atoms with Crippen molar-refractivity contribution in [2.45, 2.75) is 12.8 Å². The van der Waals surface area contributed by atoms with Gasteiger partial charge in [-0.3, -0.25) is 4.79 Å². The molecule has 3 nitrogen and oxygen atoms in total. The smallest absolute Gasteiger partial charge is 0.256 e. The lowest BCUT2D eigenvalue weighted by molar-refractivity contribution is 0.0673. The lowest BCUT2D eigenvalue weighted by Crippen LogP contribution is -2.42. The van der Waals surface area contributed by atoms with Crippen molar-refractivity contribution in [2.24, 2.45) is 11.7 Å². The molecule has 1 aliphatic heterocycles. The summed E-state index contributed by atoms with van der Waals surface area (Å²) in [5.74, 6) is -0.386. The Morgan fingerprint density at radius 1 is 1.56 bits per heavy atom. The summed E-state index contributed by atoms with van der Waals surface area (Å²) in [6.07, 6.45) is 1.98. The lowest BCUT2D eigenvalue weighted by atomic mass is 9.97. The van der Waals surface area contributed by atoms with E-state index in [4.69, 9.17) is 5.73 Å². The highest BCUT2D eigenvalue weighted by Crippen LogP contribution is 2.21. The number of benzene rings is 1. The van der Waals surface area contributed by atoms with Crippen LogP contribution in [0, 0.1) is 11.7 Å². The fourth-order valence-electron chi connectivity index (χ4n) is 2.28. The maximum atomic E-state index is 13.7. The summed E-state index contributed by atoms with van der Waals surface area (Å²) in [7, 11) is 0. The quantitative estimate of drug-likeness (QED) is 0.911. The zero-order chi connectivity index (χ0) is 13.1. The van der Waals surface area contributed by atoms with Gasteiger partial charge in [-0.1, -0.05) is 15.9 Å². The van der Waals surface area contributed by atoms with Crippen molar-refractivity contribution in [3.63, 3.8) is 0 Å². The molecule has 2 N–H and O–H groups in total. The number of nitrogens with two attached hydrogens (primary N) is 1. The first kappa shape index (κ1) is 13.5. The number of hydrogen-bond donors (Lipinski definition) is 1. The van der Waals surface area contributed by atoms with Crippen LogP contribution in [-0.4, -0.2) is 30.4 Å². The number of halogens is 2. The van der Waals surface area contributed by atoms with Crippen molar-refractivity contribution in [1.82, 2.24) is 4.90 Å². The summed E-state index contributed by atoms with van der Waals surface area (Å²) in [5.41, 5.74) is 5.77. The average Bonchev–Trinajstić information content (AvgIpc) is 2.38. The van der Waals surface area contributed by atoms with Gasteiger partial charge < -0.3 is 10.6 Å². The van der Waals surface area contributed by atoms with E-state index >= 15 is 0 Å². The van der Waals surface area contributed by atoms with Gasteiger partial charge in [0.25, 0.3) is 5.91 Å². The molecular formula is C13H16BrFN2O. The number of piperidine rings is 1. The van der Waals surface area contributed by atoms with Gasteiger partial charge in [0.05, 0.1) is 5.56 Å². The van der Waals surface area contributed by atoms with E-state index in [1.165, 1.54) is 12.1 Å². The molecule has 0 bridgehead atoms. The van der Waals surface area contributed by atoms with Crippen molar-refractivity contribution < 1.29 is 9.18 Å². The topological polar surface area (TPSA) is 46.3 Å². The van der Waals surface area contributed by atoms with Gasteiger partial charge in [-0.05, 0) is 43.5 Å². The minimum absolute atomic E-state index is 0.135. The zero-order valence-electron chi connectivity index (χ0n) is 10.0. The van der Waals surface area contributed by atoms with Gasteiger partial charge in [-0.15, -0.1) is 0 Å². The van der Waals surface area contributed by atoms with Crippen molar-refractivity contribution >= 4 is 21.8 Å². The summed E-state index contributed by atoms with van der Waals surface area (Å²) < 4.78 is 14.4. The summed E-state index contributed by atoms with van der Waals surface area (Å²) in [6, 6.07) is 4.52. The molecule has 1 aromatic rings. The molecule has 0 radical (unpaired) electrons. The highest BCUT2D eigenvalue weighted by Gasteiger charge is 2.25. The Kier molecular flexibility index (Phi) is 4.35. The van der Waals surface area contributed by atoms with Crippen LogP contribution in [0.4, 0.5) is 4.39 Å². The summed E-state index contributed by atoms with van der Waals surface area (Å²) >= 11 is 3.18. The van der Waals surface area contributed by atoms with Crippen LogP contribution in [0.5, 0.6) is 0 Å². The van der Waals surface area contributed by atoms with Crippen LogP contribution in [0.2, 0.25) is 0 Å². The van der Waals surface area contributed by atoms with E-state index in [0.717, 1.165) is 12.8 Å². The largest absolute Gasteiger partial charge is 0.338 e. The molecule has 98 valence electrons. The number of rotatable bonds is 2. The molecule has 1 aromatic carbocycles. The van der Waals surface area contributed by atoms with Crippen molar-refractivity contribution in [3.8, 4) is 0 Å². The van der Waals surface area contributed by atoms with E-state index in [0.29, 0.717) is 30.0 Å². The number of nitrogens with zero attached hydrogens (tertiary/aromatic N) is 1. The maximum absolute atomic E-state index is 13.7. The molecule has 1 unspecified atom stereocenters. The molecule has 1 fully saturated rings. The Labute approximate surface area is 114 Å². The first-order chi connectivity index (χ1) is 8.61. The Morgan fingerprint density at radius 3 is 3.00 bits per heavy atom. The van der Waals surface area contributed by atoms with Crippen LogP contribution in [0.25, 0.3) is 0 Å². The van der Waals surface area contributed by atoms with E-state index in [1.54, 1.807) is 11.0 Å². The minimum Gasteiger partial charge on any atom is -0.338 e. The molecule has 0 spiro atoms. The van der Waals surface area contributed by atoms with E-state index in [2.05, 4.69) is 15.9 Å². The monoisotopic (exact) mass is 314 g/mol. The standard InChI is InChI=1S/C13H16BrFN2O/c14-10-3-4-11(12(15)6-10)13(18)17-5-1-2-9(7-16)8-17/h3-4,6,9H,1-2,5,7-8,16H2.